The third-order valence-corrected chi connectivity index (χ3v) is 4.85. The molecule has 0 radical (unpaired) electrons. The van der Waals surface area contributed by atoms with Crippen molar-refractivity contribution in [3.05, 3.63) is 65.5 Å². The van der Waals surface area contributed by atoms with E-state index in [-0.39, 0.29) is 17.9 Å². The van der Waals surface area contributed by atoms with Crippen LogP contribution in [0.3, 0.4) is 0 Å². The highest BCUT2D eigenvalue weighted by atomic mass is 16.2. The Labute approximate surface area is 143 Å². The van der Waals surface area contributed by atoms with Crippen molar-refractivity contribution in [1.29, 1.82) is 0 Å². The van der Waals surface area contributed by atoms with Crippen LogP contribution in [0.15, 0.2) is 48.8 Å². The Morgan fingerprint density at radius 2 is 2.12 bits per heavy atom. The summed E-state index contributed by atoms with van der Waals surface area (Å²) >= 11 is 0. The maximum absolute atomic E-state index is 13.1. The number of nitrogens with one attached hydrogen (secondary N) is 1. The average molecular weight is 323 g/mol. The van der Waals surface area contributed by atoms with Gasteiger partial charge in [0.05, 0.1) is 12.0 Å². The van der Waals surface area contributed by atoms with Crippen molar-refractivity contribution >= 4 is 5.91 Å². The Bertz CT molecular complexity index is 669. The van der Waals surface area contributed by atoms with Crippen LogP contribution < -0.4 is 5.32 Å². The summed E-state index contributed by atoms with van der Waals surface area (Å²) < 4.78 is 0. The van der Waals surface area contributed by atoms with E-state index in [1.807, 2.05) is 24.0 Å². The first-order chi connectivity index (χ1) is 11.7. The number of aromatic nitrogens is 1. The molecule has 2 atom stereocenters. The molecule has 1 aliphatic heterocycles. The highest BCUT2D eigenvalue weighted by Gasteiger charge is 2.31. The van der Waals surface area contributed by atoms with Crippen molar-refractivity contribution in [2.24, 2.45) is 0 Å². The molecule has 3 rings (SSSR count). The molecule has 2 aromatic rings. The Hall–Kier alpha value is -2.20. The summed E-state index contributed by atoms with van der Waals surface area (Å²) in [4.78, 5) is 19.2. The highest BCUT2D eigenvalue weighted by Crippen LogP contribution is 2.27. The molecule has 1 aliphatic rings. The number of amides is 1. The molecule has 2 heterocycles. The summed E-state index contributed by atoms with van der Waals surface area (Å²) in [6, 6.07) is 12.6. The summed E-state index contributed by atoms with van der Waals surface area (Å²) in [6.45, 7) is 6.51. The molecule has 1 aromatic heterocycles. The number of aryl methyl sites for hydroxylation is 1. The second-order valence-corrected chi connectivity index (χ2v) is 6.35. The monoisotopic (exact) mass is 323 g/mol. The first-order valence-electron chi connectivity index (χ1n) is 8.70. The fraction of sp³-hybridized carbons (Fsp3) is 0.400. The quantitative estimate of drug-likeness (QED) is 0.941. The number of rotatable bonds is 4. The Morgan fingerprint density at radius 3 is 2.79 bits per heavy atom. The zero-order valence-electron chi connectivity index (χ0n) is 14.4. The van der Waals surface area contributed by atoms with Crippen LogP contribution in [0, 0.1) is 0 Å². The lowest BCUT2D eigenvalue weighted by Gasteiger charge is -2.38. The lowest BCUT2D eigenvalue weighted by Crippen LogP contribution is -2.49. The largest absolute Gasteiger partial charge is 0.333 e. The average Bonchev–Trinajstić information content (AvgIpc) is 2.67. The van der Waals surface area contributed by atoms with Crippen LogP contribution in [0.1, 0.15) is 42.5 Å². The van der Waals surface area contributed by atoms with Crippen LogP contribution in [0.25, 0.3) is 0 Å². The predicted molar refractivity (Wildman–Crippen MR) is 95.8 cm³/mol. The molecule has 4 heteroatoms. The summed E-state index contributed by atoms with van der Waals surface area (Å²) in [7, 11) is 0. The topological polar surface area (TPSA) is 45.2 Å². The van der Waals surface area contributed by atoms with E-state index in [0.717, 1.165) is 31.6 Å². The van der Waals surface area contributed by atoms with Crippen LogP contribution in [-0.2, 0) is 11.2 Å². The number of carbonyl (C=O) groups is 1. The van der Waals surface area contributed by atoms with Gasteiger partial charge in [0.25, 0.3) is 0 Å². The van der Waals surface area contributed by atoms with E-state index in [4.69, 9.17) is 0 Å². The standard InChI is InChI=1S/C20H25N3O/c1-3-16-6-8-17(9-7-16)19-14-22-11-12-23(19)20(24)15(2)18-5-4-10-21-13-18/h4-10,13,15,19,22H,3,11-12,14H2,1-2H3. The summed E-state index contributed by atoms with van der Waals surface area (Å²) in [6.07, 6.45) is 4.56. The normalized spacial score (nSPS) is 19.1. The molecule has 1 amide bonds. The van der Waals surface area contributed by atoms with Crippen molar-refractivity contribution in [1.82, 2.24) is 15.2 Å². The van der Waals surface area contributed by atoms with Crippen molar-refractivity contribution < 1.29 is 4.79 Å². The van der Waals surface area contributed by atoms with Gasteiger partial charge in [-0.05, 0) is 36.1 Å². The number of carbonyl (C=O) groups excluding carboxylic acids is 1. The molecule has 1 saturated heterocycles. The molecule has 2 unspecified atom stereocenters. The van der Waals surface area contributed by atoms with E-state index in [2.05, 4.69) is 41.5 Å². The zero-order chi connectivity index (χ0) is 16.9. The molecular formula is C20H25N3O. The fourth-order valence-electron chi connectivity index (χ4n) is 3.26. The maximum Gasteiger partial charge on any atom is 0.230 e. The van der Waals surface area contributed by atoms with Gasteiger partial charge in [-0.2, -0.15) is 0 Å². The Balaban J connectivity index is 1.82. The van der Waals surface area contributed by atoms with Gasteiger partial charge in [0.1, 0.15) is 0 Å². The van der Waals surface area contributed by atoms with Gasteiger partial charge < -0.3 is 10.2 Å². The van der Waals surface area contributed by atoms with E-state index >= 15 is 0 Å². The molecule has 0 bridgehead atoms. The minimum Gasteiger partial charge on any atom is -0.333 e. The Kier molecular flexibility index (Phi) is 5.26. The number of pyridine rings is 1. The van der Waals surface area contributed by atoms with Crippen LogP contribution >= 0.6 is 0 Å². The number of piperazine rings is 1. The van der Waals surface area contributed by atoms with Gasteiger partial charge in [-0.3, -0.25) is 9.78 Å². The molecule has 126 valence electrons. The number of benzene rings is 1. The highest BCUT2D eigenvalue weighted by molar-refractivity contribution is 5.83. The van der Waals surface area contributed by atoms with Gasteiger partial charge in [0, 0.05) is 32.0 Å². The van der Waals surface area contributed by atoms with Crippen molar-refractivity contribution in [2.75, 3.05) is 19.6 Å². The second kappa shape index (κ2) is 7.58. The molecule has 1 aromatic carbocycles. The third kappa shape index (κ3) is 3.49. The number of nitrogens with zero attached hydrogens (tertiary/aromatic N) is 2. The number of hydrogen-bond donors (Lipinski definition) is 1. The maximum atomic E-state index is 13.1. The van der Waals surface area contributed by atoms with Gasteiger partial charge in [0.15, 0.2) is 0 Å². The minimum absolute atomic E-state index is 0.0938. The summed E-state index contributed by atoms with van der Waals surface area (Å²) in [5.41, 5.74) is 3.50. The summed E-state index contributed by atoms with van der Waals surface area (Å²) in [5.74, 6) is 0.00304. The van der Waals surface area contributed by atoms with E-state index < -0.39 is 0 Å². The molecule has 0 spiro atoms. The molecule has 0 saturated carbocycles. The Morgan fingerprint density at radius 1 is 1.33 bits per heavy atom. The molecule has 1 fully saturated rings. The zero-order valence-corrected chi connectivity index (χ0v) is 14.4. The first kappa shape index (κ1) is 16.7. The van der Waals surface area contributed by atoms with Gasteiger partial charge in [-0.1, -0.05) is 37.3 Å². The van der Waals surface area contributed by atoms with E-state index in [1.165, 1.54) is 11.1 Å². The van der Waals surface area contributed by atoms with Crippen LogP contribution in [0.5, 0.6) is 0 Å². The van der Waals surface area contributed by atoms with Crippen molar-refractivity contribution in [2.45, 2.75) is 32.2 Å². The summed E-state index contributed by atoms with van der Waals surface area (Å²) in [5, 5.41) is 3.42. The number of hydrogen-bond acceptors (Lipinski definition) is 3. The first-order valence-corrected chi connectivity index (χ1v) is 8.70. The van der Waals surface area contributed by atoms with Crippen LogP contribution in [0.2, 0.25) is 0 Å². The predicted octanol–water partition coefficient (Wildman–Crippen LogP) is 2.92. The van der Waals surface area contributed by atoms with Gasteiger partial charge in [-0.15, -0.1) is 0 Å². The second-order valence-electron chi connectivity index (χ2n) is 6.35. The minimum atomic E-state index is -0.172. The van der Waals surface area contributed by atoms with Gasteiger partial charge >= 0.3 is 0 Å². The lowest BCUT2D eigenvalue weighted by atomic mass is 9.96. The van der Waals surface area contributed by atoms with E-state index in [1.54, 1.807) is 12.4 Å². The molecule has 4 nitrogen and oxygen atoms in total. The van der Waals surface area contributed by atoms with Crippen molar-refractivity contribution in [3.8, 4) is 0 Å². The third-order valence-electron chi connectivity index (χ3n) is 4.85. The van der Waals surface area contributed by atoms with Crippen LogP contribution in [-0.4, -0.2) is 35.4 Å². The molecular weight excluding hydrogens is 298 g/mol. The lowest BCUT2D eigenvalue weighted by molar-refractivity contribution is -0.135. The molecule has 0 aliphatic carbocycles. The fourth-order valence-corrected chi connectivity index (χ4v) is 3.26. The van der Waals surface area contributed by atoms with Crippen LogP contribution in [0.4, 0.5) is 0 Å². The van der Waals surface area contributed by atoms with Crippen molar-refractivity contribution in [3.63, 3.8) is 0 Å². The van der Waals surface area contributed by atoms with Gasteiger partial charge in [0.2, 0.25) is 5.91 Å². The van der Waals surface area contributed by atoms with E-state index in [0.29, 0.717) is 0 Å². The smallest absolute Gasteiger partial charge is 0.230 e. The SMILES string of the molecule is CCc1ccc(C2CNCCN2C(=O)C(C)c2cccnc2)cc1. The molecule has 1 N–H and O–H groups in total. The van der Waals surface area contributed by atoms with E-state index in [9.17, 15) is 4.79 Å². The molecule has 24 heavy (non-hydrogen) atoms. The van der Waals surface area contributed by atoms with Gasteiger partial charge in [-0.25, -0.2) is 0 Å².